The highest BCUT2D eigenvalue weighted by molar-refractivity contribution is 6.57. The second-order valence-electron chi connectivity index (χ2n) is 7.31. The number of hydrogen-bond donors (Lipinski definition) is 1. The summed E-state index contributed by atoms with van der Waals surface area (Å²) in [5, 5.41) is 8.31. The van der Waals surface area contributed by atoms with Crippen molar-refractivity contribution in [1.82, 2.24) is 5.16 Å². The van der Waals surface area contributed by atoms with E-state index in [1.165, 1.54) is 12.8 Å². The fraction of sp³-hybridized carbons (Fsp3) is 0.588. The first-order valence-electron chi connectivity index (χ1n) is 8.18. The van der Waals surface area contributed by atoms with Crippen LogP contribution in [0.15, 0.2) is 16.1 Å². The van der Waals surface area contributed by atoms with Crippen molar-refractivity contribution >= 4 is 25.6 Å². The highest BCUT2D eigenvalue weighted by Gasteiger charge is 2.51. The summed E-state index contributed by atoms with van der Waals surface area (Å²) in [6.07, 6.45) is 6.33. The van der Waals surface area contributed by atoms with Gasteiger partial charge < -0.3 is 19.1 Å². The van der Waals surface area contributed by atoms with E-state index in [-0.39, 0.29) is 11.2 Å². The number of nitrogens with one attached hydrogen (secondary N) is 1. The van der Waals surface area contributed by atoms with E-state index in [4.69, 9.17) is 13.8 Å². The van der Waals surface area contributed by atoms with Crippen molar-refractivity contribution < 1.29 is 13.8 Å². The Morgan fingerprint density at radius 2 is 1.87 bits per heavy atom. The highest BCUT2D eigenvalue weighted by Crippen LogP contribution is 2.38. The molecule has 2 heterocycles. The third-order valence-corrected chi connectivity index (χ3v) is 4.89. The zero-order chi connectivity index (χ0) is 16.8. The van der Waals surface area contributed by atoms with Crippen molar-refractivity contribution in [1.29, 1.82) is 0 Å². The molecule has 23 heavy (non-hydrogen) atoms. The maximum Gasteiger partial charge on any atom is 0.494 e. The van der Waals surface area contributed by atoms with Gasteiger partial charge in [-0.1, -0.05) is 17.8 Å². The molecule has 0 radical (unpaired) electrons. The number of nitrogens with zero attached hydrogens (tertiary/aromatic N) is 1. The Morgan fingerprint density at radius 1 is 1.26 bits per heavy atom. The van der Waals surface area contributed by atoms with Gasteiger partial charge in [0.1, 0.15) is 0 Å². The molecule has 0 unspecified atom stereocenters. The summed E-state index contributed by atoms with van der Waals surface area (Å²) in [6, 6.07) is 0.498. The summed E-state index contributed by atoms with van der Waals surface area (Å²) >= 11 is 0. The van der Waals surface area contributed by atoms with Gasteiger partial charge in [-0.15, -0.1) is 0 Å². The van der Waals surface area contributed by atoms with Crippen LogP contribution >= 0.6 is 0 Å². The molecule has 0 bridgehead atoms. The van der Waals surface area contributed by atoms with Crippen molar-refractivity contribution in [2.24, 2.45) is 0 Å². The fourth-order valence-corrected chi connectivity index (χ4v) is 2.44. The van der Waals surface area contributed by atoms with Crippen LogP contribution < -0.4 is 16.0 Å². The largest absolute Gasteiger partial charge is 0.494 e. The van der Waals surface area contributed by atoms with Gasteiger partial charge in [0, 0.05) is 6.04 Å². The molecule has 1 N–H and O–H groups in total. The maximum absolute atomic E-state index is 6.13. The van der Waals surface area contributed by atoms with Gasteiger partial charge in [-0.05, 0) is 59.0 Å². The topological polar surface area (TPSA) is 56.5 Å². The quantitative estimate of drug-likeness (QED) is 0.861. The fourth-order valence-electron chi connectivity index (χ4n) is 2.44. The second-order valence-corrected chi connectivity index (χ2v) is 7.31. The molecule has 0 aromatic carbocycles. The van der Waals surface area contributed by atoms with Crippen molar-refractivity contribution in [3.05, 3.63) is 22.2 Å². The van der Waals surface area contributed by atoms with E-state index in [0.29, 0.717) is 11.5 Å². The van der Waals surface area contributed by atoms with Crippen LogP contribution in [0.3, 0.4) is 0 Å². The monoisotopic (exact) mass is 316 g/mol. The maximum atomic E-state index is 6.13. The molecule has 1 aliphatic heterocycles. The molecular weight excluding hydrogens is 291 g/mol. The van der Waals surface area contributed by atoms with Crippen LogP contribution in [-0.2, 0) is 9.31 Å². The van der Waals surface area contributed by atoms with E-state index >= 15 is 0 Å². The summed E-state index contributed by atoms with van der Waals surface area (Å²) in [6.45, 7) is 14.1. The van der Waals surface area contributed by atoms with E-state index in [1.54, 1.807) is 0 Å². The van der Waals surface area contributed by atoms with Crippen LogP contribution in [-0.4, -0.2) is 29.5 Å². The average molecular weight is 316 g/mol. The summed E-state index contributed by atoms with van der Waals surface area (Å²) in [7, 11) is -0.409. The lowest BCUT2D eigenvalue weighted by molar-refractivity contribution is 0.00578. The van der Waals surface area contributed by atoms with Crippen molar-refractivity contribution in [3.63, 3.8) is 0 Å². The molecule has 5 nitrogen and oxygen atoms in total. The minimum atomic E-state index is -0.409. The average Bonchev–Trinajstić information content (AvgIpc) is 3.16. The number of rotatable bonds is 4. The Balaban J connectivity index is 1.92. The van der Waals surface area contributed by atoms with Crippen LogP contribution in [0.2, 0.25) is 0 Å². The number of hydrogen-bond acceptors (Lipinski definition) is 5. The van der Waals surface area contributed by atoms with Crippen LogP contribution in [0.5, 0.6) is 0 Å². The van der Waals surface area contributed by atoms with Gasteiger partial charge >= 0.3 is 7.12 Å². The molecule has 0 spiro atoms. The molecule has 2 fully saturated rings. The molecule has 124 valence electrons. The van der Waals surface area contributed by atoms with Crippen molar-refractivity contribution in [2.75, 3.05) is 5.32 Å². The zero-order valence-corrected chi connectivity index (χ0v) is 14.6. The number of aromatic nitrogens is 1. The lowest BCUT2D eigenvalue weighted by atomic mass is 9.77. The van der Waals surface area contributed by atoms with E-state index in [9.17, 15) is 0 Å². The van der Waals surface area contributed by atoms with Gasteiger partial charge in [0.2, 0.25) is 0 Å². The molecule has 1 saturated heterocycles. The molecule has 3 rings (SSSR count). The third kappa shape index (κ3) is 3.10. The van der Waals surface area contributed by atoms with Crippen LogP contribution in [0.25, 0.3) is 12.7 Å². The molecule has 0 atom stereocenters. The lowest BCUT2D eigenvalue weighted by Gasteiger charge is -2.32. The van der Waals surface area contributed by atoms with Gasteiger partial charge in [-0.2, -0.15) is 0 Å². The van der Waals surface area contributed by atoms with Gasteiger partial charge in [-0.3, -0.25) is 0 Å². The molecule has 1 aromatic rings. The molecule has 0 amide bonds. The first-order valence-corrected chi connectivity index (χ1v) is 8.18. The Bertz CT molecular complexity index is 716. The van der Waals surface area contributed by atoms with Gasteiger partial charge in [-0.25, -0.2) is 0 Å². The normalized spacial score (nSPS) is 24.3. The summed E-state index contributed by atoms with van der Waals surface area (Å²) in [5.74, 6) is 0.744. The van der Waals surface area contributed by atoms with Gasteiger partial charge in [0.05, 0.1) is 16.4 Å². The van der Waals surface area contributed by atoms with Crippen molar-refractivity contribution in [3.8, 4) is 0 Å². The molecule has 1 aromatic heterocycles. The standard InChI is InChI=1S/C17H25BN2O3/c1-7-12(18-22-16(3,4)17(5,6)23-18)10-14-11(2)21-20-15(14)19-13-8-9-13/h7,10,13H,2,8-9H2,1,3-6H3,(H,19,20)/b12-7+,14-10+. The third-order valence-electron chi connectivity index (χ3n) is 4.89. The Hall–Kier alpha value is -1.53. The van der Waals surface area contributed by atoms with Gasteiger partial charge in [0.15, 0.2) is 11.2 Å². The lowest BCUT2D eigenvalue weighted by Crippen LogP contribution is -2.41. The second kappa shape index (κ2) is 5.53. The van der Waals surface area contributed by atoms with Crippen LogP contribution in [0.1, 0.15) is 47.5 Å². The zero-order valence-electron chi connectivity index (χ0n) is 14.6. The molecule has 1 saturated carbocycles. The summed E-state index contributed by atoms with van der Waals surface area (Å²) < 4.78 is 17.5. The Morgan fingerprint density at radius 3 is 2.39 bits per heavy atom. The number of anilines is 1. The van der Waals surface area contributed by atoms with E-state index < -0.39 is 7.12 Å². The minimum absolute atomic E-state index is 0.364. The summed E-state index contributed by atoms with van der Waals surface area (Å²) in [4.78, 5) is 0. The Kier molecular flexibility index (Phi) is 3.93. The smallest absolute Gasteiger partial charge is 0.399 e. The van der Waals surface area contributed by atoms with Crippen LogP contribution in [0, 0.1) is 0 Å². The van der Waals surface area contributed by atoms with E-state index in [0.717, 1.165) is 16.5 Å². The molecular formula is C17H25BN2O3. The first-order chi connectivity index (χ1) is 10.7. The van der Waals surface area contributed by atoms with E-state index in [1.807, 2.05) is 46.8 Å². The SMILES string of the molecule is C=c1onc(NC2CC2)/c1=C/C(=C\C)B1OC(C)(C)C(C)(C)O1. The predicted octanol–water partition coefficient (Wildman–Crippen LogP) is 2.02. The molecule has 6 heteroatoms. The Labute approximate surface area is 137 Å². The minimum Gasteiger partial charge on any atom is -0.399 e. The number of allylic oxidation sites excluding steroid dienone is 2. The molecule has 2 aliphatic rings. The predicted molar refractivity (Wildman–Crippen MR) is 92.2 cm³/mol. The van der Waals surface area contributed by atoms with Crippen LogP contribution in [0.4, 0.5) is 5.82 Å². The molecule has 1 aliphatic carbocycles. The highest BCUT2D eigenvalue weighted by atomic mass is 16.7. The summed E-state index contributed by atoms with van der Waals surface area (Å²) in [5.41, 5.74) is 0.757. The van der Waals surface area contributed by atoms with Crippen molar-refractivity contribution in [2.45, 2.75) is 64.7 Å². The first kappa shape index (κ1) is 16.3. The van der Waals surface area contributed by atoms with Gasteiger partial charge in [0.25, 0.3) is 0 Å². The van der Waals surface area contributed by atoms with E-state index in [2.05, 4.69) is 17.1 Å².